The highest BCUT2D eigenvalue weighted by atomic mass is 19.4. The van der Waals surface area contributed by atoms with Gasteiger partial charge in [-0.2, -0.15) is 13.2 Å². The molecule has 0 saturated heterocycles. The van der Waals surface area contributed by atoms with E-state index in [0.717, 1.165) is 6.07 Å². The Morgan fingerprint density at radius 1 is 0.781 bits per heavy atom. The van der Waals surface area contributed by atoms with Crippen molar-refractivity contribution in [2.75, 3.05) is 0 Å². The monoisotopic (exact) mass is 442 g/mol. The first kappa shape index (κ1) is 21.4. The van der Waals surface area contributed by atoms with Crippen molar-refractivity contribution in [3.05, 3.63) is 101 Å². The molecule has 2 heterocycles. The van der Waals surface area contributed by atoms with Gasteiger partial charge in [0, 0.05) is 29.4 Å². The lowest BCUT2D eigenvalue weighted by Crippen LogP contribution is -2.14. The topological polar surface area (TPSA) is 46.0 Å². The second kappa shape index (κ2) is 8.37. The van der Waals surface area contributed by atoms with Crippen LogP contribution in [0.2, 0.25) is 0 Å². The van der Waals surface area contributed by atoms with Crippen molar-refractivity contribution in [2.24, 2.45) is 0 Å². The highest BCUT2D eigenvalue weighted by Crippen LogP contribution is 2.41. The Hall–Kier alpha value is -3.81. The van der Waals surface area contributed by atoms with E-state index in [9.17, 15) is 27.1 Å². The number of aromatic hydroxyl groups is 1. The van der Waals surface area contributed by atoms with E-state index in [1.165, 1.54) is 42.6 Å². The van der Waals surface area contributed by atoms with E-state index >= 15 is 0 Å². The maximum atomic E-state index is 15.0. The number of nitrogens with zero attached hydrogens (tertiary/aromatic N) is 2. The van der Waals surface area contributed by atoms with E-state index in [0.29, 0.717) is 11.3 Å². The maximum Gasteiger partial charge on any atom is 0.422 e. The Bertz CT molecular complexity index is 1270. The van der Waals surface area contributed by atoms with E-state index < -0.39 is 34.5 Å². The third kappa shape index (κ3) is 4.16. The quantitative estimate of drug-likeness (QED) is 0.372. The Kier molecular flexibility index (Phi) is 5.61. The molecule has 2 aromatic heterocycles. The zero-order valence-electron chi connectivity index (χ0n) is 16.4. The van der Waals surface area contributed by atoms with Crippen LogP contribution in [0.3, 0.4) is 0 Å². The molecule has 0 radical (unpaired) electrons. The third-order valence-electron chi connectivity index (χ3n) is 4.87. The Labute approximate surface area is 179 Å². The number of alkyl halides is 3. The van der Waals surface area contributed by atoms with Crippen LogP contribution in [0.25, 0.3) is 22.5 Å². The van der Waals surface area contributed by atoms with Gasteiger partial charge in [0.25, 0.3) is 0 Å². The summed E-state index contributed by atoms with van der Waals surface area (Å²) in [5.41, 5.74) is -2.22. The molecule has 0 aliphatic rings. The van der Waals surface area contributed by atoms with Crippen molar-refractivity contribution < 1.29 is 27.1 Å². The van der Waals surface area contributed by atoms with Crippen LogP contribution in [0.15, 0.2) is 72.9 Å². The van der Waals surface area contributed by atoms with E-state index in [1.807, 2.05) is 0 Å². The Morgan fingerprint density at radius 2 is 1.44 bits per heavy atom. The van der Waals surface area contributed by atoms with Gasteiger partial charge in [0.2, 0.25) is 0 Å². The van der Waals surface area contributed by atoms with Crippen LogP contribution in [-0.4, -0.2) is 15.1 Å². The zero-order chi connectivity index (χ0) is 22.9. The van der Waals surface area contributed by atoms with Gasteiger partial charge in [0.1, 0.15) is 22.9 Å². The molecule has 4 aromatic rings. The molecule has 162 valence electrons. The molecule has 4 rings (SSSR count). The number of phenols is 1. The van der Waals surface area contributed by atoms with Crippen molar-refractivity contribution in [2.45, 2.75) is 12.6 Å². The van der Waals surface area contributed by atoms with E-state index in [2.05, 4.69) is 9.97 Å². The fourth-order valence-corrected chi connectivity index (χ4v) is 3.36. The molecule has 0 aliphatic heterocycles. The Morgan fingerprint density at radius 3 is 2.09 bits per heavy atom. The molecule has 1 N–H and O–H groups in total. The van der Waals surface area contributed by atoms with Gasteiger partial charge in [-0.05, 0) is 42.0 Å². The number of phenolic OH excluding ortho intramolecular Hbond substituents is 1. The molecule has 8 heteroatoms. The number of benzene rings is 2. The largest absolute Gasteiger partial charge is 0.508 e. The summed E-state index contributed by atoms with van der Waals surface area (Å²) in [4.78, 5) is 8.17. The summed E-state index contributed by atoms with van der Waals surface area (Å²) in [5.74, 6) is -3.45. The molecular weight excluding hydrogens is 427 g/mol. The first-order valence-corrected chi connectivity index (χ1v) is 9.49. The first-order valence-electron chi connectivity index (χ1n) is 9.49. The van der Waals surface area contributed by atoms with E-state index in [-0.39, 0.29) is 23.6 Å². The molecule has 0 amide bonds. The van der Waals surface area contributed by atoms with Crippen molar-refractivity contribution in [3.8, 4) is 28.3 Å². The fraction of sp³-hybridized carbons (Fsp3) is 0.0833. The molecule has 0 fully saturated rings. The number of hydrogen-bond acceptors (Lipinski definition) is 3. The second-order valence-corrected chi connectivity index (χ2v) is 7.01. The summed E-state index contributed by atoms with van der Waals surface area (Å²) in [6.07, 6.45) is -3.79. The van der Waals surface area contributed by atoms with Crippen LogP contribution in [-0.2, 0) is 12.6 Å². The molecule has 0 aliphatic carbocycles. The molecule has 0 unspecified atom stereocenters. The number of hydrogen-bond donors (Lipinski definition) is 1. The van der Waals surface area contributed by atoms with Crippen LogP contribution < -0.4 is 0 Å². The van der Waals surface area contributed by atoms with Gasteiger partial charge in [-0.1, -0.05) is 30.3 Å². The second-order valence-electron chi connectivity index (χ2n) is 7.01. The lowest BCUT2D eigenvalue weighted by atomic mass is 9.98. The standard InChI is InChI=1S/C24H15F5N2O/c25-22-16(18-8-3-4-11-30-18)13-17(23(26)21(22)24(27,28)29)19-9-5-7-15(31-19)12-14-6-1-2-10-20(14)32/h1-11,13,32H,12H2. The van der Waals surface area contributed by atoms with Gasteiger partial charge in [-0.3, -0.25) is 9.97 Å². The fourth-order valence-electron chi connectivity index (χ4n) is 3.36. The van der Waals surface area contributed by atoms with Gasteiger partial charge in [0.15, 0.2) is 0 Å². The smallest absolute Gasteiger partial charge is 0.422 e. The minimum absolute atomic E-state index is 0.0319. The van der Waals surface area contributed by atoms with Gasteiger partial charge >= 0.3 is 6.18 Å². The van der Waals surface area contributed by atoms with Crippen molar-refractivity contribution in [1.29, 1.82) is 0 Å². The lowest BCUT2D eigenvalue weighted by Gasteiger charge is -2.16. The van der Waals surface area contributed by atoms with Crippen molar-refractivity contribution >= 4 is 0 Å². The predicted molar refractivity (Wildman–Crippen MR) is 109 cm³/mol. The third-order valence-corrected chi connectivity index (χ3v) is 4.87. The summed E-state index contributed by atoms with van der Waals surface area (Å²) >= 11 is 0. The molecule has 0 saturated carbocycles. The van der Waals surface area contributed by atoms with Gasteiger partial charge < -0.3 is 5.11 Å². The predicted octanol–water partition coefficient (Wildman–Crippen LogP) is 6.40. The first-order chi connectivity index (χ1) is 15.3. The number of halogens is 5. The Balaban J connectivity index is 1.88. The number of para-hydroxylation sites is 1. The molecule has 32 heavy (non-hydrogen) atoms. The van der Waals surface area contributed by atoms with E-state index in [1.54, 1.807) is 24.3 Å². The molecule has 2 aromatic carbocycles. The van der Waals surface area contributed by atoms with Gasteiger partial charge in [0.05, 0.1) is 11.4 Å². The highest BCUT2D eigenvalue weighted by molar-refractivity contribution is 5.72. The normalized spacial score (nSPS) is 11.5. The van der Waals surface area contributed by atoms with Crippen molar-refractivity contribution in [1.82, 2.24) is 9.97 Å². The van der Waals surface area contributed by atoms with Crippen LogP contribution in [0.4, 0.5) is 22.0 Å². The summed E-state index contributed by atoms with van der Waals surface area (Å²) in [5, 5.41) is 9.96. The zero-order valence-corrected chi connectivity index (χ0v) is 16.4. The maximum absolute atomic E-state index is 15.0. The highest BCUT2D eigenvalue weighted by Gasteiger charge is 2.40. The summed E-state index contributed by atoms with van der Waals surface area (Å²) in [6, 6.07) is 16.3. The van der Waals surface area contributed by atoms with Crippen LogP contribution in [0.1, 0.15) is 16.8 Å². The average Bonchev–Trinajstić information content (AvgIpc) is 2.75. The average molecular weight is 442 g/mol. The van der Waals surface area contributed by atoms with Gasteiger partial charge in [-0.25, -0.2) is 8.78 Å². The van der Waals surface area contributed by atoms with E-state index in [4.69, 9.17) is 0 Å². The number of rotatable bonds is 4. The minimum atomic E-state index is -5.26. The molecule has 0 atom stereocenters. The molecule has 0 bridgehead atoms. The number of aromatic nitrogens is 2. The van der Waals surface area contributed by atoms with Crippen LogP contribution in [0, 0.1) is 11.6 Å². The lowest BCUT2D eigenvalue weighted by molar-refractivity contribution is -0.142. The summed E-state index contributed by atoms with van der Waals surface area (Å²) in [7, 11) is 0. The SMILES string of the molecule is Oc1ccccc1Cc1cccc(-c2cc(-c3ccccn3)c(F)c(C(F)(F)F)c2F)n1. The molecular formula is C24H15F5N2O. The number of pyridine rings is 2. The van der Waals surface area contributed by atoms with Crippen molar-refractivity contribution in [3.63, 3.8) is 0 Å². The molecule has 0 spiro atoms. The van der Waals surface area contributed by atoms with Crippen LogP contribution in [0.5, 0.6) is 5.75 Å². The molecule has 3 nitrogen and oxygen atoms in total. The van der Waals surface area contributed by atoms with Gasteiger partial charge in [-0.15, -0.1) is 0 Å². The summed E-state index contributed by atoms with van der Waals surface area (Å²) in [6.45, 7) is 0. The summed E-state index contributed by atoms with van der Waals surface area (Å²) < 4.78 is 70.4. The minimum Gasteiger partial charge on any atom is -0.508 e. The van der Waals surface area contributed by atoms with Crippen LogP contribution >= 0.6 is 0 Å².